The molecule has 0 fully saturated rings. The molecular formula is C12H14F3N3O2S. The molecule has 0 radical (unpaired) electrons. The minimum atomic E-state index is -4.34. The van der Waals surface area contributed by atoms with Gasteiger partial charge in [-0.2, -0.15) is 13.2 Å². The smallest absolute Gasteiger partial charge is 0.409 e. The molecule has 1 atom stereocenters. The van der Waals surface area contributed by atoms with E-state index in [1.165, 1.54) is 0 Å². The Balaban J connectivity index is 2.66. The van der Waals surface area contributed by atoms with Gasteiger partial charge >= 0.3 is 5.51 Å². The average molecular weight is 321 g/mol. The van der Waals surface area contributed by atoms with E-state index >= 15 is 0 Å². The average Bonchev–Trinajstić information content (AvgIpc) is 2.44. The molecule has 0 aliphatic carbocycles. The molecule has 1 amide bonds. The van der Waals surface area contributed by atoms with Crippen molar-refractivity contribution in [3.8, 4) is 0 Å². The number of nitrogens with two attached hydrogens (primary N) is 1. The molecule has 1 aromatic carbocycles. The molecule has 0 aliphatic heterocycles. The van der Waals surface area contributed by atoms with Crippen molar-refractivity contribution in [1.29, 1.82) is 0 Å². The van der Waals surface area contributed by atoms with Crippen LogP contribution in [0.2, 0.25) is 0 Å². The van der Waals surface area contributed by atoms with Crippen molar-refractivity contribution >= 4 is 23.5 Å². The molecule has 5 nitrogen and oxygen atoms in total. The minimum absolute atomic E-state index is 0.176. The number of carbonyl (C=O) groups excluding carboxylic acids is 1. The second kappa shape index (κ2) is 7.77. The van der Waals surface area contributed by atoms with Gasteiger partial charge in [-0.05, 0) is 17.3 Å². The third kappa shape index (κ3) is 5.94. The van der Waals surface area contributed by atoms with Gasteiger partial charge in [0.1, 0.15) is 5.92 Å². The molecule has 0 aromatic heterocycles. The molecule has 1 unspecified atom stereocenters. The van der Waals surface area contributed by atoms with Gasteiger partial charge in [-0.15, -0.1) is 0 Å². The Kier molecular flexibility index (Phi) is 6.35. The molecule has 21 heavy (non-hydrogen) atoms. The van der Waals surface area contributed by atoms with Gasteiger partial charge in [-0.25, -0.2) is 0 Å². The van der Waals surface area contributed by atoms with E-state index in [1.54, 1.807) is 30.3 Å². The lowest BCUT2D eigenvalue weighted by Gasteiger charge is -2.16. The molecule has 0 saturated heterocycles. The number of halogens is 3. The summed E-state index contributed by atoms with van der Waals surface area (Å²) in [6.45, 7) is -0.176. The lowest BCUT2D eigenvalue weighted by molar-refractivity contribution is -0.121. The molecule has 1 rings (SSSR count). The summed E-state index contributed by atoms with van der Waals surface area (Å²) >= 11 is -0.228. The van der Waals surface area contributed by atoms with Crippen LogP contribution in [0.25, 0.3) is 0 Å². The maximum Gasteiger partial charge on any atom is 0.441 e. The summed E-state index contributed by atoms with van der Waals surface area (Å²) in [7, 11) is 0. The van der Waals surface area contributed by atoms with Gasteiger partial charge in [-0.3, -0.25) is 4.79 Å². The summed E-state index contributed by atoms with van der Waals surface area (Å²) in [5, 5.41) is 13.9. The lowest BCUT2D eigenvalue weighted by Crippen LogP contribution is -2.38. The maximum atomic E-state index is 12.0. The topological polar surface area (TPSA) is 87.7 Å². The van der Waals surface area contributed by atoms with E-state index in [0.29, 0.717) is 5.56 Å². The molecule has 0 aliphatic rings. The van der Waals surface area contributed by atoms with Gasteiger partial charge in [0.15, 0.2) is 5.84 Å². The van der Waals surface area contributed by atoms with Crippen LogP contribution in [0.1, 0.15) is 11.5 Å². The van der Waals surface area contributed by atoms with E-state index in [2.05, 4.69) is 10.5 Å². The zero-order valence-corrected chi connectivity index (χ0v) is 11.6. The fraction of sp³-hybridized carbons (Fsp3) is 0.333. The highest BCUT2D eigenvalue weighted by Gasteiger charge is 2.28. The number of nitrogens with zero attached hydrogens (tertiary/aromatic N) is 1. The van der Waals surface area contributed by atoms with Gasteiger partial charge in [0.2, 0.25) is 5.91 Å². The van der Waals surface area contributed by atoms with E-state index < -0.39 is 17.3 Å². The Bertz CT molecular complexity index is 494. The third-order valence-corrected chi connectivity index (χ3v) is 3.21. The molecule has 0 bridgehead atoms. The Morgan fingerprint density at radius 3 is 2.52 bits per heavy atom. The molecule has 4 N–H and O–H groups in total. The van der Waals surface area contributed by atoms with Crippen LogP contribution in [-0.4, -0.2) is 34.8 Å². The van der Waals surface area contributed by atoms with Crippen LogP contribution in [0, 0.1) is 0 Å². The van der Waals surface area contributed by atoms with Crippen LogP contribution in [-0.2, 0) is 4.79 Å². The van der Waals surface area contributed by atoms with Crippen LogP contribution < -0.4 is 11.1 Å². The largest absolute Gasteiger partial charge is 0.441 e. The van der Waals surface area contributed by atoms with Gasteiger partial charge in [0.25, 0.3) is 0 Å². The number of alkyl halides is 3. The van der Waals surface area contributed by atoms with Crippen LogP contribution in [0.5, 0.6) is 0 Å². The second-order valence-electron chi connectivity index (χ2n) is 3.95. The zero-order chi connectivity index (χ0) is 15.9. The summed E-state index contributed by atoms with van der Waals surface area (Å²) in [6, 6.07) is 8.27. The number of nitrogens with one attached hydrogen (secondary N) is 1. The normalized spacial score (nSPS) is 13.8. The Labute approximate surface area is 123 Å². The predicted molar refractivity (Wildman–Crippen MR) is 74.1 cm³/mol. The van der Waals surface area contributed by atoms with Crippen LogP contribution in [0.3, 0.4) is 0 Å². The summed E-state index contributed by atoms with van der Waals surface area (Å²) in [6.07, 6.45) is 0. The lowest BCUT2D eigenvalue weighted by atomic mass is 9.97. The minimum Gasteiger partial charge on any atom is -0.409 e. The van der Waals surface area contributed by atoms with Crippen molar-refractivity contribution in [3.63, 3.8) is 0 Å². The van der Waals surface area contributed by atoms with E-state index in [1.807, 2.05) is 0 Å². The number of hydrogen-bond donors (Lipinski definition) is 3. The Hall–Kier alpha value is -1.90. The summed E-state index contributed by atoms with van der Waals surface area (Å²) in [5.74, 6) is -2.32. The number of carbonyl (C=O) groups is 1. The second-order valence-corrected chi connectivity index (χ2v) is 5.11. The molecule has 0 saturated carbocycles. The number of rotatable bonds is 6. The van der Waals surface area contributed by atoms with E-state index in [4.69, 9.17) is 10.9 Å². The monoisotopic (exact) mass is 321 g/mol. The van der Waals surface area contributed by atoms with Crippen molar-refractivity contribution in [2.75, 3.05) is 12.3 Å². The quantitative estimate of drug-likeness (QED) is 0.245. The third-order valence-electron chi connectivity index (χ3n) is 2.47. The SMILES string of the molecule is N/C(=N/O)C(C(=O)NCCSC(F)(F)F)c1ccccc1. The summed E-state index contributed by atoms with van der Waals surface area (Å²) in [4.78, 5) is 12.0. The molecule has 9 heteroatoms. The van der Waals surface area contributed by atoms with Gasteiger partial charge in [0.05, 0.1) is 0 Å². The van der Waals surface area contributed by atoms with Crippen LogP contribution in [0.15, 0.2) is 35.5 Å². The first-order chi connectivity index (χ1) is 9.85. The highest BCUT2D eigenvalue weighted by atomic mass is 32.2. The number of amidine groups is 1. The maximum absolute atomic E-state index is 12.0. The van der Waals surface area contributed by atoms with Gasteiger partial charge in [0, 0.05) is 12.3 Å². The van der Waals surface area contributed by atoms with E-state index in [9.17, 15) is 18.0 Å². The number of oxime groups is 1. The van der Waals surface area contributed by atoms with Gasteiger partial charge in [-0.1, -0.05) is 35.5 Å². The number of thioether (sulfide) groups is 1. The summed E-state index contributed by atoms with van der Waals surface area (Å²) < 4.78 is 35.9. The number of benzene rings is 1. The highest BCUT2D eigenvalue weighted by Crippen LogP contribution is 2.29. The first-order valence-electron chi connectivity index (χ1n) is 5.86. The number of amides is 1. The first kappa shape index (κ1) is 17.2. The van der Waals surface area contributed by atoms with Crippen molar-refractivity contribution in [3.05, 3.63) is 35.9 Å². The van der Waals surface area contributed by atoms with Crippen LogP contribution >= 0.6 is 11.8 Å². The number of hydrogen-bond acceptors (Lipinski definition) is 4. The Morgan fingerprint density at radius 1 is 1.38 bits per heavy atom. The van der Waals surface area contributed by atoms with Crippen molar-refractivity contribution in [2.24, 2.45) is 10.9 Å². The van der Waals surface area contributed by atoms with Crippen LogP contribution in [0.4, 0.5) is 13.2 Å². The summed E-state index contributed by atoms with van der Waals surface area (Å²) in [5.41, 5.74) is 1.62. The molecule has 116 valence electrons. The molecule has 0 heterocycles. The van der Waals surface area contributed by atoms with Crippen molar-refractivity contribution in [2.45, 2.75) is 11.4 Å². The van der Waals surface area contributed by atoms with E-state index in [0.717, 1.165) is 0 Å². The molecule has 0 spiro atoms. The van der Waals surface area contributed by atoms with E-state index in [-0.39, 0.29) is 29.9 Å². The first-order valence-corrected chi connectivity index (χ1v) is 6.84. The Morgan fingerprint density at radius 2 is 2.00 bits per heavy atom. The zero-order valence-electron chi connectivity index (χ0n) is 10.8. The molecular weight excluding hydrogens is 307 g/mol. The van der Waals surface area contributed by atoms with Crippen molar-refractivity contribution < 1.29 is 23.2 Å². The standard InChI is InChI=1S/C12H14F3N3O2S/c13-12(14,15)21-7-6-17-11(19)9(10(16)18-20)8-4-2-1-3-5-8/h1-5,9,20H,6-7H2,(H2,16,18)(H,17,19). The predicted octanol–water partition coefficient (Wildman–Crippen LogP) is 1.89. The van der Waals surface area contributed by atoms with Crippen molar-refractivity contribution in [1.82, 2.24) is 5.32 Å². The molecule has 1 aromatic rings. The van der Waals surface area contributed by atoms with Gasteiger partial charge < -0.3 is 16.3 Å². The fourth-order valence-corrected chi connectivity index (χ4v) is 2.04. The fourth-order valence-electron chi connectivity index (χ4n) is 1.60. The highest BCUT2D eigenvalue weighted by molar-refractivity contribution is 8.00.